The molecule has 0 radical (unpaired) electrons. The average Bonchev–Trinajstić information content (AvgIpc) is 2.32. The largest absolute Gasteiger partial charge is 0.437 e. The number of benzene rings is 1. The molecule has 0 spiro atoms. The van der Waals surface area contributed by atoms with Gasteiger partial charge in [-0.3, -0.25) is 0 Å². The molecule has 3 nitrogen and oxygen atoms in total. The van der Waals surface area contributed by atoms with Crippen LogP contribution in [0.1, 0.15) is 16.7 Å². The fraction of sp³-hybridized carbons (Fsp3) is 0.143. The minimum atomic E-state index is 0.281. The Balaban J connectivity index is 2.44. The van der Waals surface area contributed by atoms with Gasteiger partial charge < -0.3 is 10.5 Å². The van der Waals surface area contributed by atoms with Gasteiger partial charge in [0, 0.05) is 6.20 Å². The van der Waals surface area contributed by atoms with E-state index in [0.717, 1.165) is 15.6 Å². The van der Waals surface area contributed by atoms with Crippen LogP contribution in [-0.4, -0.2) is 9.97 Å². The van der Waals surface area contributed by atoms with Gasteiger partial charge in [-0.05, 0) is 59.1 Å². The van der Waals surface area contributed by atoms with Gasteiger partial charge in [0.25, 0.3) is 0 Å². The third kappa shape index (κ3) is 3.11. The molecule has 1 aromatic heterocycles. The molecule has 98 valence electrons. The summed E-state index contributed by atoms with van der Waals surface area (Å²) in [5.41, 5.74) is 8.49. The van der Waals surface area contributed by atoms with Crippen LogP contribution in [0.4, 0.5) is 0 Å². The van der Waals surface area contributed by atoms with E-state index < -0.39 is 0 Å². The lowest BCUT2D eigenvalue weighted by Gasteiger charge is -2.12. The molecule has 0 saturated carbocycles. The van der Waals surface area contributed by atoms with Crippen LogP contribution < -0.4 is 10.5 Å². The number of halogens is 1. The van der Waals surface area contributed by atoms with Gasteiger partial charge in [0.15, 0.2) is 0 Å². The topological polar surface area (TPSA) is 48.1 Å². The van der Waals surface area contributed by atoms with Crippen molar-refractivity contribution < 1.29 is 4.74 Å². The van der Waals surface area contributed by atoms with E-state index in [4.69, 9.17) is 22.7 Å². The highest BCUT2D eigenvalue weighted by molar-refractivity contribution is 9.10. The fourth-order valence-electron chi connectivity index (χ4n) is 1.70. The molecular weight excluding hydrogens is 324 g/mol. The third-order valence-corrected chi connectivity index (χ3v) is 3.49. The lowest BCUT2D eigenvalue weighted by molar-refractivity contribution is 0.458. The standard InChI is InChI=1S/C14H13BrN2OS/c1-8-3-4-11(10(15)7-8)18-14-12(13(16)19)9(2)5-6-17-14/h3-7H,1-2H3,(H2,16,19). The van der Waals surface area contributed by atoms with Gasteiger partial charge in [-0.2, -0.15) is 0 Å². The molecule has 0 fully saturated rings. The summed E-state index contributed by atoms with van der Waals surface area (Å²) >= 11 is 8.52. The number of nitrogens with two attached hydrogens (primary N) is 1. The van der Waals surface area contributed by atoms with E-state index in [0.29, 0.717) is 17.2 Å². The summed E-state index contributed by atoms with van der Waals surface area (Å²) in [6.45, 7) is 3.94. The minimum Gasteiger partial charge on any atom is -0.437 e. The highest BCUT2D eigenvalue weighted by atomic mass is 79.9. The smallest absolute Gasteiger partial charge is 0.229 e. The van der Waals surface area contributed by atoms with Crippen molar-refractivity contribution in [2.45, 2.75) is 13.8 Å². The van der Waals surface area contributed by atoms with Crippen LogP contribution in [-0.2, 0) is 0 Å². The summed E-state index contributed by atoms with van der Waals surface area (Å²) in [4.78, 5) is 4.49. The van der Waals surface area contributed by atoms with Crippen molar-refractivity contribution in [2.75, 3.05) is 0 Å². The first-order valence-electron chi connectivity index (χ1n) is 5.68. The molecule has 2 aromatic rings. The number of thiocarbonyl (C=S) groups is 1. The molecule has 0 saturated heterocycles. The van der Waals surface area contributed by atoms with Crippen LogP contribution in [0.15, 0.2) is 34.9 Å². The van der Waals surface area contributed by atoms with Gasteiger partial charge in [0.2, 0.25) is 5.88 Å². The lowest BCUT2D eigenvalue weighted by atomic mass is 10.1. The first kappa shape index (κ1) is 14.0. The Morgan fingerprint density at radius 3 is 2.68 bits per heavy atom. The lowest BCUT2D eigenvalue weighted by Crippen LogP contribution is -2.13. The minimum absolute atomic E-state index is 0.281. The van der Waals surface area contributed by atoms with E-state index in [1.807, 2.05) is 38.1 Å². The molecule has 19 heavy (non-hydrogen) atoms. The summed E-state index contributed by atoms with van der Waals surface area (Å²) in [5.74, 6) is 1.11. The van der Waals surface area contributed by atoms with Crippen LogP contribution >= 0.6 is 28.1 Å². The number of aromatic nitrogens is 1. The predicted molar refractivity (Wildman–Crippen MR) is 83.8 cm³/mol. The van der Waals surface area contributed by atoms with Crippen LogP contribution in [0.5, 0.6) is 11.6 Å². The molecule has 0 aliphatic carbocycles. The van der Waals surface area contributed by atoms with E-state index in [2.05, 4.69) is 20.9 Å². The van der Waals surface area contributed by atoms with Gasteiger partial charge in [-0.15, -0.1) is 0 Å². The van der Waals surface area contributed by atoms with E-state index in [9.17, 15) is 0 Å². The SMILES string of the molecule is Cc1ccc(Oc2nccc(C)c2C(N)=S)c(Br)c1. The second-order valence-corrected chi connectivity index (χ2v) is 5.50. The van der Waals surface area contributed by atoms with E-state index >= 15 is 0 Å². The summed E-state index contributed by atoms with van der Waals surface area (Å²) in [5, 5.41) is 0. The molecule has 5 heteroatoms. The van der Waals surface area contributed by atoms with Crippen molar-refractivity contribution in [3.8, 4) is 11.6 Å². The molecule has 1 aromatic carbocycles. The van der Waals surface area contributed by atoms with Crippen LogP contribution in [0, 0.1) is 13.8 Å². The van der Waals surface area contributed by atoms with Gasteiger partial charge in [0.1, 0.15) is 10.7 Å². The van der Waals surface area contributed by atoms with Gasteiger partial charge in [0.05, 0.1) is 10.0 Å². The molecule has 0 aliphatic heterocycles. The Labute approximate surface area is 125 Å². The molecule has 0 unspecified atom stereocenters. The maximum Gasteiger partial charge on any atom is 0.229 e. The van der Waals surface area contributed by atoms with Gasteiger partial charge >= 0.3 is 0 Å². The van der Waals surface area contributed by atoms with Crippen molar-refractivity contribution in [2.24, 2.45) is 5.73 Å². The van der Waals surface area contributed by atoms with Crippen molar-refractivity contribution in [1.82, 2.24) is 4.98 Å². The second kappa shape index (κ2) is 5.67. The highest BCUT2D eigenvalue weighted by Gasteiger charge is 2.13. The Morgan fingerprint density at radius 2 is 2.05 bits per heavy atom. The summed E-state index contributed by atoms with van der Waals surface area (Å²) < 4.78 is 6.68. The van der Waals surface area contributed by atoms with Crippen molar-refractivity contribution in [3.05, 3.63) is 51.6 Å². The number of ether oxygens (including phenoxy) is 1. The van der Waals surface area contributed by atoms with E-state index in [1.165, 1.54) is 0 Å². The van der Waals surface area contributed by atoms with Crippen molar-refractivity contribution >= 4 is 33.1 Å². The zero-order valence-electron chi connectivity index (χ0n) is 10.6. The summed E-state index contributed by atoms with van der Waals surface area (Å²) in [7, 11) is 0. The number of nitrogens with zero attached hydrogens (tertiary/aromatic N) is 1. The maximum atomic E-state index is 5.81. The first-order chi connectivity index (χ1) is 8.99. The normalized spacial score (nSPS) is 10.3. The number of rotatable bonds is 3. The molecule has 0 atom stereocenters. The highest BCUT2D eigenvalue weighted by Crippen LogP contribution is 2.31. The summed E-state index contributed by atoms with van der Waals surface area (Å²) in [6.07, 6.45) is 1.68. The Morgan fingerprint density at radius 1 is 1.32 bits per heavy atom. The Bertz CT molecular complexity index is 643. The predicted octanol–water partition coefficient (Wildman–Crippen LogP) is 3.89. The maximum absolute atomic E-state index is 5.81. The fourth-order valence-corrected chi connectivity index (χ4v) is 2.53. The number of aryl methyl sites for hydroxylation is 2. The zero-order valence-corrected chi connectivity index (χ0v) is 13.0. The molecular formula is C14H13BrN2OS. The number of pyridine rings is 1. The van der Waals surface area contributed by atoms with Crippen molar-refractivity contribution in [3.63, 3.8) is 0 Å². The molecule has 0 bridgehead atoms. The number of hydrogen-bond donors (Lipinski definition) is 1. The molecule has 1 heterocycles. The third-order valence-electron chi connectivity index (χ3n) is 2.66. The van der Waals surface area contributed by atoms with Crippen LogP contribution in [0.25, 0.3) is 0 Å². The molecule has 0 aliphatic rings. The van der Waals surface area contributed by atoms with E-state index in [-0.39, 0.29) is 4.99 Å². The van der Waals surface area contributed by atoms with Crippen LogP contribution in [0.3, 0.4) is 0 Å². The summed E-state index contributed by atoms with van der Waals surface area (Å²) in [6, 6.07) is 7.68. The Hall–Kier alpha value is -1.46. The quantitative estimate of drug-likeness (QED) is 0.864. The second-order valence-electron chi connectivity index (χ2n) is 4.21. The molecule has 2 rings (SSSR count). The molecule has 2 N–H and O–H groups in total. The van der Waals surface area contributed by atoms with Crippen LogP contribution in [0.2, 0.25) is 0 Å². The Kier molecular flexibility index (Phi) is 4.17. The average molecular weight is 337 g/mol. The number of hydrogen-bond acceptors (Lipinski definition) is 3. The monoisotopic (exact) mass is 336 g/mol. The van der Waals surface area contributed by atoms with Crippen molar-refractivity contribution in [1.29, 1.82) is 0 Å². The van der Waals surface area contributed by atoms with Gasteiger partial charge in [-0.25, -0.2) is 4.98 Å². The van der Waals surface area contributed by atoms with Gasteiger partial charge in [-0.1, -0.05) is 18.3 Å². The molecule has 0 amide bonds. The first-order valence-corrected chi connectivity index (χ1v) is 6.88. The van der Waals surface area contributed by atoms with E-state index in [1.54, 1.807) is 6.20 Å². The zero-order chi connectivity index (χ0) is 14.0.